The topological polar surface area (TPSA) is 47.1 Å². The van der Waals surface area contributed by atoms with Crippen molar-refractivity contribution in [2.75, 3.05) is 17.2 Å². The van der Waals surface area contributed by atoms with Crippen LogP contribution in [0.3, 0.4) is 0 Å². The van der Waals surface area contributed by atoms with E-state index < -0.39 is 6.43 Å². The van der Waals surface area contributed by atoms with Crippen LogP contribution in [0, 0.1) is 0 Å². The van der Waals surface area contributed by atoms with Gasteiger partial charge in [0, 0.05) is 42.4 Å². The third-order valence-corrected chi connectivity index (χ3v) is 3.37. The first kappa shape index (κ1) is 12.0. The Bertz CT molecular complexity index is 594. The number of aromatic nitrogens is 2. The fourth-order valence-electron chi connectivity index (χ4n) is 2.41. The Labute approximate surface area is 109 Å². The molecule has 1 aromatic heterocycles. The summed E-state index contributed by atoms with van der Waals surface area (Å²) < 4.78 is 28.2. The minimum atomic E-state index is -2.53. The first-order chi connectivity index (χ1) is 9.15. The fraction of sp³-hybridized carbons (Fsp3) is 0.308. The van der Waals surface area contributed by atoms with Crippen LogP contribution in [0.25, 0.3) is 0 Å². The molecular weight excluding hydrogens is 250 g/mol. The molecule has 1 aromatic carbocycles. The number of halogens is 2. The van der Waals surface area contributed by atoms with Gasteiger partial charge in [0.15, 0.2) is 0 Å². The quantitative estimate of drug-likeness (QED) is 0.847. The Morgan fingerprint density at radius 2 is 2.11 bits per heavy atom. The molecule has 1 aliphatic rings. The van der Waals surface area contributed by atoms with Gasteiger partial charge in [-0.25, -0.2) is 13.8 Å². The Balaban J connectivity index is 1.95. The van der Waals surface area contributed by atoms with Crippen LogP contribution in [0.2, 0.25) is 0 Å². The Kier molecular flexibility index (Phi) is 2.85. The maximum atomic E-state index is 13.1. The lowest BCUT2D eigenvalue weighted by Crippen LogP contribution is -2.34. The highest BCUT2D eigenvalue weighted by molar-refractivity contribution is 5.60. The zero-order valence-corrected chi connectivity index (χ0v) is 10.3. The van der Waals surface area contributed by atoms with Gasteiger partial charge in [0.25, 0.3) is 6.43 Å². The minimum absolute atomic E-state index is 0.0139. The van der Waals surface area contributed by atoms with E-state index in [0.29, 0.717) is 24.5 Å². The first-order valence-corrected chi connectivity index (χ1v) is 6.07. The van der Waals surface area contributed by atoms with Gasteiger partial charge < -0.3 is 15.2 Å². The number of anilines is 2. The van der Waals surface area contributed by atoms with Gasteiger partial charge >= 0.3 is 0 Å². The zero-order chi connectivity index (χ0) is 13.4. The molecule has 4 nitrogen and oxygen atoms in total. The third kappa shape index (κ3) is 2.14. The van der Waals surface area contributed by atoms with Crippen LogP contribution in [0.4, 0.5) is 20.2 Å². The summed E-state index contributed by atoms with van der Waals surface area (Å²) in [6, 6.07) is 4.67. The summed E-state index contributed by atoms with van der Waals surface area (Å²) in [7, 11) is 0. The number of nitrogens with zero attached hydrogens (tertiary/aromatic N) is 3. The largest absolute Gasteiger partial charge is 0.399 e. The molecule has 0 saturated carbocycles. The van der Waals surface area contributed by atoms with Crippen molar-refractivity contribution in [3.63, 3.8) is 0 Å². The molecule has 0 saturated heterocycles. The summed E-state index contributed by atoms with van der Waals surface area (Å²) in [5.74, 6) is 0.892. The summed E-state index contributed by atoms with van der Waals surface area (Å²) in [4.78, 5) is 6.15. The number of nitrogens with two attached hydrogens (primary N) is 1. The van der Waals surface area contributed by atoms with Gasteiger partial charge in [-0.2, -0.15) is 0 Å². The van der Waals surface area contributed by atoms with Crippen molar-refractivity contribution >= 4 is 11.4 Å². The van der Waals surface area contributed by atoms with Gasteiger partial charge in [-0.3, -0.25) is 0 Å². The molecule has 2 heterocycles. The van der Waals surface area contributed by atoms with Crippen molar-refractivity contribution in [3.8, 4) is 0 Å². The number of nitrogen functional groups attached to an aromatic ring is 1. The van der Waals surface area contributed by atoms with Crippen molar-refractivity contribution in [1.82, 2.24) is 9.55 Å². The van der Waals surface area contributed by atoms with Gasteiger partial charge in [0.1, 0.15) is 5.82 Å². The molecule has 0 amide bonds. The summed E-state index contributed by atoms with van der Waals surface area (Å²) in [5.41, 5.74) is 6.47. The second-order valence-electron chi connectivity index (χ2n) is 4.58. The number of imidazole rings is 1. The van der Waals surface area contributed by atoms with E-state index in [1.54, 1.807) is 18.3 Å². The standard InChI is InChI=1S/C13H14F2N4/c14-13(15)10-7-9(16)1-2-11(10)19-6-5-18-4-3-17-12(18)8-19/h1-4,7,13H,5-6,8,16H2. The van der Waals surface area contributed by atoms with Crippen LogP contribution in [0.1, 0.15) is 17.8 Å². The van der Waals surface area contributed by atoms with Gasteiger partial charge in [0.2, 0.25) is 0 Å². The molecule has 0 spiro atoms. The second-order valence-corrected chi connectivity index (χ2v) is 4.58. The predicted octanol–water partition coefficient (Wildman–Crippen LogP) is 2.42. The van der Waals surface area contributed by atoms with Gasteiger partial charge in [0.05, 0.1) is 6.54 Å². The zero-order valence-electron chi connectivity index (χ0n) is 10.3. The van der Waals surface area contributed by atoms with E-state index in [-0.39, 0.29) is 5.56 Å². The molecule has 0 unspecified atom stereocenters. The molecular formula is C13H14F2N4. The Morgan fingerprint density at radius 3 is 2.89 bits per heavy atom. The van der Waals surface area contributed by atoms with Crippen molar-refractivity contribution in [1.29, 1.82) is 0 Å². The molecule has 0 bridgehead atoms. The van der Waals surface area contributed by atoms with Crippen LogP contribution in [0.15, 0.2) is 30.6 Å². The SMILES string of the molecule is Nc1ccc(N2CCn3ccnc3C2)c(C(F)F)c1. The predicted molar refractivity (Wildman–Crippen MR) is 69.1 cm³/mol. The number of alkyl halides is 2. The van der Waals surface area contributed by atoms with E-state index in [9.17, 15) is 8.78 Å². The van der Waals surface area contributed by atoms with E-state index in [1.807, 2.05) is 15.7 Å². The first-order valence-electron chi connectivity index (χ1n) is 6.07. The Morgan fingerprint density at radius 1 is 1.26 bits per heavy atom. The summed E-state index contributed by atoms with van der Waals surface area (Å²) in [6.45, 7) is 1.98. The monoisotopic (exact) mass is 264 g/mol. The average molecular weight is 264 g/mol. The summed E-state index contributed by atoms with van der Waals surface area (Å²) in [5, 5.41) is 0. The highest BCUT2D eigenvalue weighted by atomic mass is 19.3. The Hall–Kier alpha value is -2.11. The van der Waals surface area contributed by atoms with E-state index in [0.717, 1.165) is 12.4 Å². The van der Waals surface area contributed by atoms with Gasteiger partial charge in [-0.1, -0.05) is 0 Å². The molecule has 6 heteroatoms. The third-order valence-electron chi connectivity index (χ3n) is 3.37. The number of fused-ring (bicyclic) bond motifs is 1. The maximum absolute atomic E-state index is 13.1. The smallest absolute Gasteiger partial charge is 0.265 e. The van der Waals surface area contributed by atoms with Crippen LogP contribution >= 0.6 is 0 Å². The van der Waals surface area contributed by atoms with E-state index in [1.165, 1.54) is 6.07 Å². The molecule has 2 N–H and O–H groups in total. The molecule has 3 rings (SSSR count). The summed E-state index contributed by atoms with van der Waals surface area (Å²) >= 11 is 0. The fourth-order valence-corrected chi connectivity index (χ4v) is 2.41. The average Bonchev–Trinajstić information content (AvgIpc) is 2.85. The molecule has 0 atom stereocenters. The van der Waals surface area contributed by atoms with E-state index >= 15 is 0 Å². The number of rotatable bonds is 2. The molecule has 2 aromatic rings. The normalized spacial score (nSPS) is 14.8. The minimum Gasteiger partial charge on any atom is -0.399 e. The van der Waals surface area contributed by atoms with Crippen LogP contribution in [-0.4, -0.2) is 16.1 Å². The number of hydrogen-bond acceptors (Lipinski definition) is 3. The van der Waals surface area contributed by atoms with Crippen LogP contribution in [-0.2, 0) is 13.1 Å². The van der Waals surface area contributed by atoms with Crippen molar-refractivity contribution < 1.29 is 8.78 Å². The maximum Gasteiger partial charge on any atom is 0.265 e. The van der Waals surface area contributed by atoms with Crippen LogP contribution in [0.5, 0.6) is 0 Å². The molecule has 0 fully saturated rings. The van der Waals surface area contributed by atoms with Crippen LogP contribution < -0.4 is 10.6 Å². The van der Waals surface area contributed by atoms with Crippen molar-refractivity contribution in [2.24, 2.45) is 0 Å². The van der Waals surface area contributed by atoms with Gasteiger partial charge in [-0.05, 0) is 18.2 Å². The highest BCUT2D eigenvalue weighted by Gasteiger charge is 2.22. The highest BCUT2D eigenvalue weighted by Crippen LogP contribution is 2.33. The lowest BCUT2D eigenvalue weighted by atomic mass is 10.1. The molecule has 0 radical (unpaired) electrons. The molecule has 100 valence electrons. The molecule has 0 aliphatic carbocycles. The second kappa shape index (κ2) is 4.53. The van der Waals surface area contributed by atoms with Gasteiger partial charge in [-0.15, -0.1) is 0 Å². The number of hydrogen-bond donors (Lipinski definition) is 1. The van der Waals surface area contributed by atoms with E-state index in [2.05, 4.69) is 4.98 Å². The lowest BCUT2D eigenvalue weighted by molar-refractivity contribution is 0.151. The van der Waals surface area contributed by atoms with Crippen molar-refractivity contribution in [3.05, 3.63) is 42.0 Å². The molecule has 19 heavy (non-hydrogen) atoms. The van der Waals surface area contributed by atoms with Crippen molar-refractivity contribution in [2.45, 2.75) is 19.5 Å². The van der Waals surface area contributed by atoms with E-state index in [4.69, 9.17) is 5.73 Å². The molecule has 1 aliphatic heterocycles. The number of benzene rings is 1. The lowest BCUT2D eigenvalue weighted by Gasteiger charge is -2.31. The summed E-state index contributed by atoms with van der Waals surface area (Å²) in [6.07, 6.45) is 1.11.